The van der Waals surface area contributed by atoms with E-state index in [1.807, 2.05) is 0 Å². The standard InChI is InChI=1S/C8H14OSe/c1-2-3-4-5-7-10-8-6-9/h9H,2-4,6,8H2,1H3. The molecular formula is C8H14OSe. The summed E-state index contributed by atoms with van der Waals surface area (Å²) in [6, 6.07) is 0. The second-order valence-electron chi connectivity index (χ2n) is 1.95. The zero-order valence-corrected chi connectivity index (χ0v) is 8.10. The van der Waals surface area contributed by atoms with Gasteiger partial charge in [-0.05, 0) is 0 Å². The number of hydrogen-bond acceptors (Lipinski definition) is 1. The van der Waals surface area contributed by atoms with Gasteiger partial charge in [-0.3, -0.25) is 0 Å². The Morgan fingerprint density at radius 3 is 2.90 bits per heavy atom. The molecule has 0 saturated carbocycles. The third-order valence-electron chi connectivity index (χ3n) is 0.993. The van der Waals surface area contributed by atoms with Gasteiger partial charge in [-0.25, -0.2) is 0 Å². The normalized spacial score (nSPS) is 8.60. The first-order valence-electron chi connectivity index (χ1n) is 3.62. The van der Waals surface area contributed by atoms with Gasteiger partial charge >= 0.3 is 68.9 Å². The Morgan fingerprint density at radius 2 is 2.30 bits per heavy atom. The molecule has 58 valence electrons. The van der Waals surface area contributed by atoms with Crippen LogP contribution < -0.4 is 0 Å². The van der Waals surface area contributed by atoms with Crippen molar-refractivity contribution in [3.8, 4) is 10.7 Å². The molecule has 0 rings (SSSR count). The molecule has 0 amide bonds. The van der Waals surface area contributed by atoms with Crippen molar-refractivity contribution in [3.05, 3.63) is 0 Å². The molecule has 0 spiro atoms. The van der Waals surface area contributed by atoms with Crippen molar-refractivity contribution < 1.29 is 5.11 Å². The van der Waals surface area contributed by atoms with Crippen molar-refractivity contribution in [2.75, 3.05) is 6.61 Å². The number of aliphatic hydroxyl groups excluding tert-OH is 1. The molecule has 0 radical (unpaired) electrons. The number of aliphatic hydroxyl groups is 1. The van der Waals surface area contributed by atoms with E-state index in [1.54, 1.807) is 0 Å². The average Bonchev–Trinajstić information content (AvgIpc) is 1.97. The van der Waals surface area contributed by atoms with Crippen LogP contribution in [-0.4, -0.2) is 26.7 Å². The molecule has 0 heterocycles. The third-order valence-corrected chi connectivity index (χ3v) is 2.41. The van der Waals surface area contributed by atoms with Gasteiger partial charge in [0.15, 0.2) is 0 Å². The van der Waals surface area contributed by atoms with Gasteiger partial charge in [0.05, 0.1) is 0 Å². The van der Waals surface area contributed by atoms with Crippen LogP contribution in [0.2, 0.25) is 5.32 Å². The van der Waals surface area contributed by atoms with E-state index < -0.39 is 0 Å². The first-order valence-corrected chi connectivity index (χ1v) is 5.69. The summed E-state index contributed by atoms with van der Waals surface area (Å²) in [6.45, 7) is 2.46. The predicted molar refractivity (Wildman–Crippen MR) is 44.9 cm³/mol. The Hall–Kier alpha value is 0.0395. The van der Waals surface area contributed by atoms with Gasteiger partial charge in [-0.2, -0.15) is 0 Å². The van der Waals surface area contributed by atoms with Crippen LogP contribution in [0.4, 0.5) is 0 Å². The molecule has 1 nitrogen and oxygen atoms in total. The minimum atomic E-state index is 0.294. The molecule has 0 aromatic carbocycles. The van der Waals surface area contributed by atoms with Crippen molar-refractivity contribution in [3.63, 3.8) is 0 Å². The van der Waals surface area contributed by atoms with Crippen molar-refractivity contribution in [2.45, 2.75) is 31.5 Å². The van der Waals surface area contributed by atoms with Crippen molar-refractivity contribution in [2.24, 2.45) is 0 Å². The molecule has 2 heteroatoms. The fraction of sp³-hybridized carbons (Fsp3) is 0.750. The number of rotatable bonds is 4. The molecule has 0 bridgehead atoms. The van der Waals surface area contributed by atoms with Gasteiger partial charge in [0.2, 0.25) is 0 Å². The van der Waals surface area contributed by atoms with E-state index in [0.717, 1.165) is 11.7 Å². The summed E-state index contributed by atoms with van der Waals surface area (Å²) in [5.74, 6) is 3.09. The number of hydrogen-bond donors (Lipinski definition) is 1. The second kappa shape index (κ2) is 9.04. The van der Waals surface area contributed by atoms with Gasteiger partial charge in [-0.1, -0.05) is 0 Å². The summed E-state index contributed by atoms with van der Waals surface area (Å²) in [7, 11) is 0. The molecule has 0 unspecified atom stereocenters. The van der Waals surface area contributed by atoms with E-state index >= 15 is 0 Å². The summed E-state index contributed by atoms with van der Waals surface area (Å²) >= 11 is 0.364. The first kappa shape index (κ1) is 10.0. The van der Waals surface area contributed by atoms with Crippen LogP contribution in [0.15, 0.2) is 0 Å². The van der Waals surface area contributed by atoms with E-state index in [4.69, 9.17) is 5.11 Å². The first-order chi connectivity index (χ1) is 4.91. The molecule has 0 aliphatic carbocycles. The van der Waals surface area contributed by atoms with E-state index in [1.165, 1.54) is 12.8 Å². The Kier molecular flexibility index (Phi) is 9.08. The molecule has 0 fully saturated rings. The maximum absolute atomic E-state index is 8.42. The van der Waals surface area contributed by atoms with Crippen LogP contribution in [0.5, 0.6) is 0 Å². The fourth-order valence-corrected chi connectivity index (χ4v) is 1.30. The van der Waals surface area contributed by atoms with E-state index in [9.17, 15) is 0 Å². The summed E-state index contributed by atoms with van der Waals surface area (Å²) in [4.78, 5) is 3.07. The van der Waals surface area contributed by atoms with E-state index in [2.05, 4.69) is 17.7 Å². The minimum absolute atomic E-state index is 0.294. The van der Waals surface area contributed by atoms with Gasteiger partial charge < -0.3 is 0 Å². The predicted octanol–water partition coefficient (Wildman–Crippen LogP) is 1.25. The zero-order chi connectivity index (χ0) is 7.66. The van der Waals surface area contributed by atoms with Crippen molar-refractivity contribution in [1.82, 2.24) is 0 Å². The van der Waals surface area contributed by atoms with Crippen molar-refractivity contribution >= 4 is 15.0 Å². The van der Waals surface area contributed by atoms with E-state index in [-0.39, 0.29) is 0 Å². The van der Waals surface area contributed by atoms with E-state index in [0.29, 0.717) is 21.6 Å². The average molecular weight is 205 g/mol. The van der Waals surface area contributed by atoms with Crippen LogP contribution in [0.1, 0.15) is 26.2 Å². The molecule has 0 atom stereocenters. The summed E-state index contributed by atoms with van der Waals surface area (Å²) in [5, 5.41) is 9.30. The molecule has 0 aliphatic heterocycles. The topological polar surface area (TPSA) is 20.2 Å². The molecule has 0 aliphatic rings. The molecule has 0 aromatic heterocycles. The van der Waals surface area contributed by atoms with Crippen LogP contribution in [-0.2, 0) is 0 Å². The van der Waals surface area contributed by atoms with Gasteiger partial charge in [0, 0.05) is 0 Å². The van der Waals surface area contributed by atoms with Gasteiger partial charge in [-0.15, -0.1) is 0 Å². The molecule has 0 aromatic rings. The molecule has 10 heavy (non-hydrogen) atoms. The monoisotopic (exact) mass is 206 g/mol. The quantitative estimate of drug-likeness (QED) is 0.416. The van der Waals surface area contributed by atoms with Crippen LogP contribution >= 0.6 is 0 Å². The Balaban J connectivity index is 2.98. The SMILES string of the molecule is CCCCC#C[Se]CCO. The van der Waals surface area contributed by atoms with Crippen molar-refractivity contribution in [1.29, 1.82) is 0 Å². The summed E-state index contributed by atoms with van der Waals surface area (Å²) in [5.41, 5.74) is 0. The van der Waals surface area contributed by atoms with Crippen LogP contribution in [0.25, 0.3) is 0 Å². The third kappa shape index (κ3) is 8.04. The fourth-order valence-electron chi connectivity index (χ4n) is 0.464. The Bertz CT molecular complexity index is 100. The van der Waals surface area contributed by atoms with Crippen LogP contribution in [0, 0.1) is 10.7 Å². The Labute approximate surface area is 69.4 Å². The molecular weight excluding hydrogens is 191 g/mol. The Morgan fingerprint density at radius 1 is 1.50 bits per heavy atom. The molecule has 1 N–H and O–H groups in total. The maximum atomic E-state index is 8.42. The zero-order valence-electron chi connectivity index (χ0n) is 6.39. The van der Waals surface area contributed by atoms with Gasteiger partial charge in [0.1, 0.15) is 0 Å². The second-order valence-corrected chi connectivity index (χ2v) is 3.84. The summed E-state index contributed by atoms with van der Waals surface area (Å²) < 4.78 is 0. The van der Waals surface area contributed by atoms with Crippen LogP contribution in [0.3, 0.4) is 0 Å². The summed E-state index contributed by atoms with van der Waals surface area (Å²) in [6.07, 6.45) is 3.47. The number of unbranched alkanes of at least 4 members (excludes halogenated alkanes) is 2. The van der Waals surface area contributed by atoms with Gasteiger partial charge in [0.25, 0.3) is 0 Å². The molecule has 0 saturated heterocycles.